The summed E-state index contributed by atoms with van der Waals surface area (Å²) in [4.78, 5) is 8.49. The van der Waals surface area contributed by atoms with E-state index < -0.39 is 0 Å². The summed E-state index contributed by atoms with van der Waals surface area (Å²) in [7, 11) is 1.64. The number of ether oxygens (including phenoxy) is 1. The van der Waals surface area contributed by atoms with Gasteiger partial charge in [-0.15, -0.1) is 0 Å². The lowest BCUT2D eigenvalue weighted by atomic mass is 10.2. The number of hydrogen-bond acceptors (Lipinski definition) is 5. The van der Waals surface area contributed by atoms with Gasteiger partial charge in [0.15, 0.2) is 0 Å². The molecule has 0 atom stereocenters. The van der Waals surface area contributed by atoms with E-state index >= 15 is 0 Å². The molecule has 3 rings (SSSR count). The summed E-state index contributed by atoms with van der Waals surface area (Å²) in [6.45, 7) is 1.96. The second kappa shape index (κ2) is 7.19. The minimum absolute atomic E-state index is 0.686. The van der Waals surface area contributed by atoms with Crippen LogP contribution in [0.15, 0.2) is 54.9 Å². The first-order valence-corrected chi connectivity index (χ1v) is 7.79. The van der Waals surface area contributed by atoms with Crippen molar-refractivity contribution in [2.75, 3.05) is 17.7 Å². The molecule has 0 spiro atoms. The lowest BCUT2D eigenvalue weighted by Crippen LogP contribution is -1.99. The van der Waals surface area contributed by atoms with Gasteiger partial charge >= 0.3 is 0 Å². The van der Waals surface area contributed by atoms with Crippen LogP contribution in [-0.4, -0.2) is 17.1 Å². The number of aromatic nitrogens is 2. The van der Waals surface area contributed by atoms with E-state index in [9.17, 15) is 0 Å². The van der Waals surface area contributed by atoms with Crippen LogP contribution in [-0.2, 0) is 0 Å². The van der Waals surface area contributed by atoms with Crippen LogP contribution in [0, 0.1) is 6.92 Å². The molecule has 2 aromatic carbocycles. The Morgan fingerprint density at radius 2 is 1.67 bits per heavy atom. The molecule has 0 amide bonds. The van der Waals surface area contributed by atoms with Gasteiger partial charge in [-0.1, -0.05) is 17.7 Å². The summed E-state index contributed by atoms with van der Waals surface area (Å²) < 4.78 is 5.15. The quantitative estimate of drug-likeness (QED) is 0.689. The molecular formula is C18H17ClN4O. The van der Waals surface area contributed by atoms with Gasteiger partial charge in [0.05, 0.1) is 7.11 Å². The fourth-order valence-electron chi connectivity index (χ4n) is 2.20. The van der Waals surface area contributed by atoms with E-state index in [1.807, 2.05) is 55.5 Å². The molecule has 0 bridgehead atoms. The van der Waals surface area contributed by atoms with Crippen molar-refractivity contribution in [1.29, 1.82) is 0 Å². The topological polar surface area (TPSA) is 59.1 Å². The molecule has 0 unspecified atom stereocenters. The number of methoxy groups -OCH3 is 1. The van der Waals surface area contributed by atoms with Gasteiger partial charge in [-0.05, 0) is 48.9 Å². The summed E-state index contributed by atoms with van der Waals surface area (Å²) in [5.41, 5.74) is 2.80. The van der Waals surface area contributed by atoms with Crippen LogP contribution in [0.2, 0.25) is 5.02 Å². The van der Waals surface area contributed by atoms with E-state index in [2.05, 4.69) is 20.6 Å². The van der Waals surface area contributed by atoms with Crippen molar-refractivity contribution in [3.8, 4) is 5.75 Å². The van der Waals surface area contributed by atoms with Crippen molar-refractivity contribution in [3.05, 3.63) is 65.4 Å². The molecule has 6 heteroatoms. The Labute approximate surface area is 145 Å². The van der Waals surface area contributed by atoms with E-state index in [0.717, 1.165) is 22.7 Å². The van der Waals surface area contributed by atoms with Crippen LogP contribution >= 0.6 is 11.6 Å². The maximum atomic E-state index is 6.15. The third kappa shape index (κ3) is 3.75. The maximum absolute atomic E-state index is 6.15. The molecule has 0 aliphatic rings. The standard InChI is InChI=1S/C18H17ClN4O/c1-12-15(19)4-3-5-16(12)23-18-10-17(20-11-21-18)22-13-6-8-14(24-2)9-7-13/h3-11H,1-2H3,(H2,20,21,22,23). The van der Waals surface area contributed by atoms with Crippen LogP contribution in [0.4, 0.5) is 23.0 Å². The molecule has 122 valence electrons. The van der Waals surface area contributed by atoms with Crippen molar-refractivity contribution in [1.82, 2.24) is 9.97 Å². The molecule has 0 saturated carbocycles. The highest BCUT2D eigenvalue weighted by Gasteiger charge is 2.05. The third-order valence-electron chi connectivity index (χ3n) is 3.56. The largest absolute Gasteiger partial charge is 0.497 e. The molecular weight excluding hydrogens is 324 g/mol. The molecule has 0 aliphatic carbocycles. The van der Waals surface area contributed by atoms with Crippen LogP contribution in [0.3, 0.4) is 0 Å². The lowest BCUT2D eigenvalue weighted by molar-refractivity contribution is 0.415. The number of nitrogens with one attached hydrogen (secondary N) is 2. The molecule has 2 N–H and O–H groups in total. The van der Waals surface area contributed by atoms with Gasteiger partial charge in [-0.2, -0.15) is 0 Å². The first kappa shape index (κ1) is 16.1. The zero-order chi connectivity index (χ0) is 16.9. The molecule has 5 nitrogen and oxygen atoms in total. The van der Waals surface area contributed by atoms with Crippen molar-refractivity contribution in [2.24, 2.45) is 0 Å². The zero-order valence-electron chi connectivity index (χ0n) is 13.4. The van der Waals surface area contributed by atoms with Crippen molar-refractivity contribution in [3.63, 3.8) is 0 Å². The molecule has 3 aromatic rings. The highest BCUT2D eigenvalue weighted by Crippen LogP contribution is 2.26. The van der Waals surface area contributed by atoms with Gasteiger partial charge in [0.2, 0.25) is 0 Å². The average molecular weight is 341 g/mol. The molecule has 1 aromatic heterocycles. The summed E-state index contributed by atoms with van der Waals surface area (Å²) in [5.74, 6) is 2.19. The van der Waals surface area contributed by atoms with Crippen LogP contribution in [0.5, 0.6) is 5.75 Å². The molecule has 0 radical (unpaired) electrons. The normalized spacial score (nSPS) is 10.3. The molecule has 0 saturated heterocycles. The first-order valence-electron chi connectivity index (χ1n) is 7.41. The highest BCUT2D eigenvalue weighted by molar-refractivity contribution is 6.31. The predicted molar refractivity (Wildman–Crippen MR) is 97.8 cm³/mol. The monoisotopic (exact) mass is 340 g/mol. The summed E-state index contributed by atoms with van der Waals surface area (Å²) in [5, 5.41) is 7.21. The van der Waals surface area contributed by atoms with Gasteiger partial charge in [0.1, 0.15) is 23.7 Å². The van der Waals surface area contributed by atoms with Gasteiger partial charge in [-0.25, -0.2) is 9.97 Å². The Kier molecular flexibility index (Phi) is 4.82. The lowest BCUT2D eigenvalue weighted by Gasteiger charge is -2.11. The first-order chi connectivity index (χ1) is 11.7. The number of rotatable bonds is 5. The summed E-state index contributed by atoms with van der Waals surface area (Å²) in [6.07, 6.45) is 1.51. The minimum Gasteiger partial charge on any atom is -0.497 e. The fraction of sp³-hybridized carbons (Fsp3) is 0.111. The SMILES string of the molecule is COc1ccc(Nc2cc(Nc3cccc(Cl)c3C)ncn2)cc1. The highest BCUT2D eigenvalue weighted by atomic mass is 35.5. The van der Waals surface area contributed by atoms with E-state index in [4.69, 9.17) is 16.3 Å². The van der Waals surface area contributed by atoms with Crippen LogP contribution in [0.1, 0.15) is 5.56 Å². The van der Waals surface area contributed by atoms with Gasteiger partial charge < -0.3 is 15.4 Å². The van der Waals surface area contributed by atoms with Crippen LogP contribution < -0.4 is 15.4 Å². The van der Waals surface area contributed by atoms with Gasteiger partial charge in [-0.3, -0.25) is 0 Å². The number of benzene rings is 2. The second-order valence-electron chi connectivity index (χ2n) is 5.18. The second-order valence-corrected chi connectivity index (χ2v) is 5.59. The Balaban J connectivity index is 1.77. The van der Waals surface area contributed by atoms with E-state index in [-0.39, 0.29) is 0 Å². The van der Waals surface area contributed by atoms with E-state index in [0.29, 0.717) is 16.7 Å². The number of halogens is 1. The average Bonchev–Trinajstić information content (AvgIpc) is 2.60. The van der Waals surface area contributed by atoms with Gasteiger partial charge in [0, 0.05) is 22.5 Å². The fourth-order valence-corrected chi connectivity index (χ4v) is 2.37. The van der Waals surface area contributed by atoms with Crippen molar-refractivity contribution in [2.45, 2.75) is 6.92 Å². The minimum atomic E-state index is 0.686. The Bertz CT molecular complexity index is 837. The smallest absolute Gasteiger partial charge is 0.135 e. The molecule has 0 aliphatic heterocycles. The van der Waals surface area contributed by atoms with Crippen molar-refractivity contribution >= 4 is 34.6 Å². The van der Waals surface area contributed by atoms with Crippen molar-refractivity contribution < 1.29 is 4.74 Å². The Morgan fingerprint density at radius 3 is 2.38 bits per heavy atom. The Morgan fingerprint density at radius 1 is 0.958 bits per heavy atom. The molecule has 24 heavy (non-hydrogen) atoms. The number of anilines is 4. The zero-order valence-corrected chi connectivity index (χ0v) is 14.1. The number of nitrogens with zero attached hydrogens (tertiary/aromatic N) is 2. The Hall–Kier alpha value is -2.79. The molecule has 0 fully saturated rings. The number of hydrogen-bond donors (Lipinski definition) is 2. The maximum Gasteiger partial charge on any atom is 0.135 e. The van der Waals surface area contributed by atoms with E-state index in [1.54, 1.807) is 7.11 Å². The third-order valence-corrected chi connectivity index (χ3v) is 3.97. The molecule has 1 heterocycles. The van der Waals surface area contributed by atoms with Gasteiger partial charge in [0.25, 0.3) is 0 Å². The predicted octanol–water partition coefficient (Wildman–Crippen LogP) is 4.93. The summed E-state index contributed by atoms with van der Waals surface area (Å²) >= 11 is 6.15. The van der Waals surface area contributed by atoms with Crippen LogP contribution in [0.25, 0.3) is 0 Å². The van der Waals surface area contributed by atoms with E-state index in [1.165, 1.54) is 6.33 Å². The summed E-state index contributed by atoms with van der Waals surface area (Å²) in [6, 6.07) is 15.2.